The van der Waals surface area contributed by atoms with E-state index < -0.39 is 10.0 Å². The maximum atomic E-state index is 12.0. The summed E-state index contributed by atoms with van der Waals surface area (Å²) in [6.07, 6.45) is 0. The minimum absolute atomic E-state index is 0.174. The van der Waals surface area contributed by atoms with Gasteiger partial charge in [-0.15, -0.1) is 0 Å². The molecule has 0 atom stereocenters. The van der Waals surface area contributed by atoms with Crippen LogP contribution in [0.5, 0.6) is 0 Å². The van der Waals surface area contributed by atoms with Crippen molar-refractivity contribution in [2.24, 2.45) is 10.7 Å². The third-order valence-electron chi connectivity index (χ3n) is 3.06. The lowest BCUT2D eigenvalue weighted by atomic mass is 10.2. The predicted octanol–water partition coefficient (Wildman–Crippen LogP) is 1.70. The Morgan fingerprint density at radius 1 is 1.09 bits per heavy atom. The molecule has 23 heavy (non-hydrogen) atoms. The number of rotatable bonds is 6. The van der Waals surface area contributed by atoms with Crippen molar-refractivity contribution in [3.63, 3.8) is 0 Å². The maximum absolute atomic E-state index is 12.0. The van der Waals surface area contributed by atoms with Gasteiger partial charge < -0.3 is 11.1 Å². The summed E-state index contributed by atoms with van der Waals surface area (Å²) in [6.45, 7) is 2.42. The van der Waals surface area contributed by atoms with Crippen LogP contribution >= 0.6 is 0 Å². The topological polar surface area (TPSA) is 96.6 Å². The number of nitrogens with two attached hydrogens (primary N) is 1. The van der Waals surface area contributed by atoms with Crippen LogP contribution in [-0.4, -0.2) is 27.5 Å². The van der Waals surface area contributed by atoms with E-state index in [9.17, 15) is 8.42 Å². The Hall–Kier alpha value is -2.38. The zero-order valence-electron chi connectivity index (χ0n) is 12.9. The zero-order valence-corrected chi connectivity index (χ0v) is 13.7. The smallest absolute Gasteiger partial charge is 0.240 e. The first-order chi connectivity index (χ1) is 11.0. The van der Waals surface area contributed by atoms with E-state index in [1.165, 1.54) is 0 Å². The fourth-order valence-electron chi connectivity index (χ4n) is 1.86. The van der Waals surface area contributed by atoms with Crippen LogP contribution in [0.15, 0.2) is 64.5 Å². The molecule has 6 nitrogen and oxygen atoms in total. The SMILES string of the molecule is Cc1ccc(NC(N)=NCCNS(=O)(=O)c2ccccc2)cc1. The van der Waals surface area contributed by atoms with Gasteiger partial charge in [-0.1, -0.05) is 35.9 Å². The summed E-state index contributed by atoms with van der Waals surface area (Å²) in [4.78, 5) is 4.33. The summed E-state index contributed by atoms with van der Waals surface area (Å²) in [5.74, 6) is 0.243. The van der Waals surface area contributed by atoms with Gasteiger partial charge in [0, 0.05) is 12.2 Å². The van der Waals surface area contributed by atoms with Gasteiger partial charge in [0.05, 0.1) is 11.4 Å². The van der Waals surface area contributed by atoms with Crippen LogP contribution in [0.2, 0.25) is 0 Å². The summed E-state index contributed by atoms with van der Waals surface area (Å²) in [5.41, 5.74) is 7.76. The number of sulfonamides is 1. The Morgan fingerprint density at radius 2 is 1.74 bits per heavy atom. The van der Waals surface area contributed by atoms with Crippen LogP contribution in [0.4, 0.5) is 5.69 Å². The highest BCUT2D eigenvalue weighted by molar-refractivity contribution is 7.89. The molecule has 0 spiro atoms. The number of anilines is 1. The molecule has 2 aromatic carbocycles. The van der Waals surface area contributed by atoms with Crippen LogP contribution in [0.1, 0.15) is 5.56 Å². The van der Waals surface area contributed by atoms with Crippen LogP contribution in [-0.2, 0) is 10.0 Å². The molecule has 0 fully saturated rings. The van der Waals surface area contributed by atoms with Gasteiger partial charge in [0.2, 0.25) is 10.0 Å². The number of nitrogens with one attached hydrogen (secondary N) is 2. The van der Waals surface area contributed by atoms with Crippen molar-refractivity contribution in [2.75, 3.05) is 18.4 Å². The molecule has 0 radical (unpaired) electrons. The van der Waals surface area contributed by atoms with Crippen molar-refractivity contribution in [1.29, 1.82) is 0 Å². The predicted molar refractivity (Wildman–Crippen MR) is 92.9 cm³/mol. The lowest BCUT2D eigenvalue weighted by Gasteiger charge is -2.07. The van der Waals surface area contributed by atoms with E-state index in [0.717, 1.165) is 11.3 Å². The molecule has 0 aliphatic heterocycles. The Morgan fingerprint density at radius 3 is 2.39 bits per heavy atom. The summed E-state index contributed by atoms with van der Waals surface area (Å²) in [6, 6.07) is 15.9. The van der Waals surface area contributed by atoms with Crippen LogP contribution in [0, 0.1) is 6.92 Å². The van der Waals surface area contributed by atoms with Crippen LogP contribution in [0.3, 0.4) is 0 Å². The van der Waals surface area contributed by atoms with E-state index in [4.69, 9.17) is 5.73 Å². The minimum atomic E-state index is -3.50. The van der Waals surface area contributed by atoms with E-state index in [2.05, 4.69) is 15.0 Å². The molecule has 2 rings (SSSR count). The number of aliphatic imine (C=N–C) groups is 1. The van der Waals surface area contributed by atoms with Crippen LogP contribution in [0.25, 0.3) is 0 Å². The van der Waals surface area contributed by atoms with Crippen molar-refractivity contribution >= 4 is 21.7 Å². The molecule has 0 aliphatic carbocycles. The minimum Gasteiger partial charge on any atom is -0.370 e. The number of nitrogens with zero attached hydrogens (tertiary/aromatic N) is 1. The Kier molecular flexibility index (Phi) is 5.72. The van der Waals surface area contributed by atoms with Crippen molar-refractivity contribution in [1.82, 2.24) is 4.72 Å². The maximum Gasteiger partial charge on any atom is 0.240 e. The second kappa shape index (κ2) is 7.75. The molecule has 4 N–H and O–H groups in total. The van der Waals surface area contributed by atoms with Gasteiger partial charge in [-0.3, -0.25) is 4.99 Å². The lowest BCUT2D eigenvalue weighted by molar-refractivity contribution is 0.582. The fourth-order valence-corrected chi connectivity index (χ4v) is 2.91. The Bertz CT molecular complexity index is 756. The molecule has 0 aromatic heterocycles. The normalized spacial score (nSPS) is 12.1. The summed E-state index contributed by atoms with van der Waals surface area (Å²) in [7, 11) is -3.50. The summed E-state index contributed by atoms with van der Waals surface area (Å²) >= 11 is 0. The molecule has 7 heteroatoms. The average molecular weight is 332 g/mol. The third-order valence-corrected chi connectivity index (χ3v) is 4.54. The van der Waals surface area contributed by atoms with Gasteiger partial charge in [-0.05, 0) is 31.2 Å². The number of hydrogen-bond acceptors (Lipinski definition) is 3. The quantitative estimate of drug-likeness (QED) is 0.426. The van der Waals surface area contributed by atoms with Crippen molar-refractivity contribution in [3.8, 4) is 0 Å². The summed E-state index contributed by atoms with van der Waals surface area (Å²) < 4.78 is 26.5. The first kappa shape index (κ1) is 17.0. The number of benzene rings is 2. The highest BCUT2D eigenvalue weighted by atomic mass is 32.2. The first-order valence-electron chi connectivity index (χ1n) is 7.16. The molecule has 0 amide bonds. The van der Waals surface area contributed by atoms with E-state index in [1.54, 1.807) is 30.3 Å². The van der Waals surface area contributed by atoms with Crippen molar-refractivity contribution in [3.05, 3.63) is 60.2 Å². The monoisotopic (exact) mass is 332 g/mol. The molecular weight excluding hydrogens is 312 g/mol. The number of guanidine groups is 1. The van der Waals surface area contributed by atoms with E-state index in [-0.39, 0.29) is 23.9 Å². The standard InChI is InChI=1S/C16H20N4O2S/c1-13-7-9-14(10-8-13)20-16(17)18-11-12-19-23(21,22)15-5-3-2-4-6-15/h2-10,19H,11-12H2,1H3,(H3,17,18,20). The highest BCUT2D eigenvalue weighted by Crippen LogP contribution is 2.08. The van der Waals surface area contributed by atoms with E-state index >= 15 is 0 Å². The van der Waals surface area contributed by atoms with E-state index in [0.29, 0.717) is 0 Å². The molecule has 0 saturated heterocycles. The summed E-state index contributed by atoms with van der Waals surface area (Å²) in [5, 5.41) is 2.95. The largest absolute Gasteiger partial charge is 0.370 e. The molecule has 2 aromatic rings. The Labute approximate surface area is 136 Å². The molecule has 0 bridgehead atoms. The van der Waals surface area contributed by atoms with Crippen molar-refractivity contribution < 1.29 is 8.42 Å². The van der Waals surface area contributed by atoms with E-state index in [1.807, 2.05) is 31.2 Å². The average Bonchev–Trinajstić information content (AvgIpc) is 2.55. The Balaban J connectivity index is 1.83. The second-order valence-corrected chi connectivity index (χ2v) is 6.74. The number of hydrogen-bond donors (Lipinski definition) is 3. The fraction of sp³-hybridized carbons (Fsp3) is 0.188. The molecule has 0 aliphatic rings. The van der Waals surface area contributed by atoms with Gasteiger partial charge in [0.25, 0.3) is 0 Å². The van der Waals surface area contributed by atoms with Crippen LogP contribution < -0.4 is 15.8 Å². The zero-order chi connectivity index (χ0) is 16.7. The van der Waals surface area contributed by atoms with Gasteiger partial charge in [0.15, 0.2) is 5.96 Å². The highest BCUT2D eigenvalue weighted by Gasteiger charge is 2.11. The molecular formula is C16H20N4O2S. The molecule has 0 heterocycles. The number of aryl methyl sites for hydroxylation is 1. The van der Waals surface area contributed by atoms with Gasteiger partial charge in [-0.25, -0.2) is 13.1 Å². The molecule has 122 valence electrons. The van der Waals surface area contributed by atoms with Gasteiger partial charge in [0.1, 0.15) is 0 Å². The van der Waals surface area contributed by atoms with Gasteiger partial charge >= 0.3 is 0 Å². The lowest BCUT2D eigenvalue weighted by Crippen LogP contribution is -2.28. The first-order valence-corrected chi connectivity index (χ1v) is 8.64. The van der Waals surface area contributed by atoms with Gasteiger partial charge in [-0.2, -0.15) is 0 Å². The second-order valence-electron chi connectivity index (χ2n) is 4.97. The molecule has 0 saturated carbocycles. The molecule has 0 unspecified atom stereocenters. The third kappa shape index (κ3) is 5.39. The van der Waals surface area contributed by atoms with Crippen molar-refractivity contribution in [2.45, 2.75) is 11.8 Å².